The second kappa shape index (κ2) is 7.27. The topological polar surface area (TPSA) is 56.1 Å². The molecule has 0 spiro atoms. The van der Waals surface area contributed by atoms with Crippen molar-refractivity contribution in [1.29, 1.82) is 0 Å². The highest BCUT2D eigenvalue weighted by molar-refractivity contribution is 5.60. The first-order valence-electron chi connectivity index (χ1n) is 9.06. The number of halogens is 3. The normalized spacial score (nSPS) is 15.3. The Morgan fingerprint density at radius 3 is 2.52 bits per heavy atom. The summed E-state index contributed by atoms with van der Waals surface area (Å²) in [6, 6.07) is 7.93. The Balaban J connectivity index is 1.83. The lowest BCUT2D eigenvalue weighted by atomic mass is 10.0. The predicted octanol–water partition coefficient (Wildman–Crippen LogP) is 4.26. The van der Waals surface area contributed by atoms with Gasteiger partial charge in [-0.2, -0.15) is 9.37 Å². The number of methoxy groups -OCH3 is 1. The first-order valence-corrected chi connectivity index (χ1v) is 9.06. The van der Waals surface area contributed by atoms with Gasteiger partial charge in [0.25, 0.3) is 0 Å². The molecule has 2 aromatic carbocycles. The Hall–Kier alpha value is -3.29. The van der Waals surface area contributed by atoms with Crippen molar-refractivity contribution in [2.75, 3.05) is 12.4 Å². The van der Waals surface area contributed by atoms with Crippen molar-refractivity contribution in [3.8, 4) is 5.75 Å². The first-order chi connectivity index (χ1) is 13.9. The lowest BCUT2D eigenvalue weighted by molar-refractivity contribution is 0.414. The minimum atomic E-state index is -0.976. The number of benzene rings is 2. The SMILES string of the molecule is COc1ccc(Nc2nc(=O)c(F)c3n2C(c2cc(F)cc(F)c2)CC3)c(C)c1. The van der Waals surface area contributed by atoms with Crippen molar-refractivity contribution in [2.24, 2.45) is 0 Å². The lowest BCUT2D eigenvalue weighted by Crippen LogP contribution is -2.23. The van der Waals surface area contributed by atoms with Crippen LogP contribution >= 0.6 is 0 Å². The molecule has 3 aromatic rings. The van der Waals surface area contributed by atoms with Gasteiger partial charge in [0.15, 0.2) is 0 Å². The summed E-state index contributed by atoms with van der Waals surface area (Å²) in [4.78, 5) is 15.9. The fourth-order valence-electron chi connectivity index (χ4n) is 3.72. The fourth-order valence-corrected chi connectivity index (χ4v) is 3.72. The molecule has 1 aromatic heterocycles. The highest BCUT2D eigenvalue weighted by atomic mass is 19.1. The summed E-state index contributed by atoms with van der Waals surface area (Å²) in [6.45, 7) is 1.84. The zero-order valence-electron chi connectivity index (χ0n) is 15.8. The molecule has 2 heterocycles. The van der Waals surface area contributed by atoms with Gasteiger partial charge in [0, 0.05) is 11.8 Å². The number of aromatic nitrogens is 2. The Morgan fingerprint density at radius 2 is 1.86 bits per heavy atom. The fraction of sp³-hybridized carbons (Fsp3) is 0.238. The summed E-state index contributed by atoms with van der Waals surface area (Å²) < 4.78 is 48.7. The summed E-state index contributed by atoms with van der Waals surface area (Å²) in [7, 11) is 1.55. The first kappa shape index (κ1) is 19.0. The van der Waals surface area contributed by atoms with Gasteiger partial charge in [-0.15, -0.1) is 0 Å². The number of nitrogens with zero attached hydrogens (tertiary/aromatic N) is 2. The number of aryl methyl sites for hydroxylation is 1. The molecule has 150 valence electrons. The molecule has 5 nitrogen and oxygen atoms in total. The maximum atomic E-state index is 14.5. The van der Waals surface area contributed by atoms with E-state index in [4.69, 9.17) is 4.74 Å². The molecule has 1 atom stereocenters. The van der Waals surface area contributed by atoms with Crippen LogP contribution in [0.25, 0.3) is 0 Å². The van der Waals surface area contributed by atoms with Crippen molar-refractivity contribution in [1.82, 2.24) is 9.55 Å². The van der Waals surface area contributed by atoms with E-state index in [9.17, 15) is 18.0 Å². The molecule has 1 unspecified atom stereocenters. The molecule has 1 N–H and O–H groups in total. The average Bonchev–Trinajstić information content (AvgIpc) is 3.12. The van der Waals surface area contributed by atoms with Crippen LogP contribution in [0.5, 0.6) is 5.75 Å². The average molecular weight is 401 g/mol. The van der Waals surface area contributed by atoms with Crippen LogP contribution in [-0.2, 0) is 6.42 Å². The minimum Gasteiger partial charge on any atom is -0.497 e. The van der Waals surface area contributed by atoms with Gasteiger partial charge in [-0.05, 0) is 61.2 Å². The zero-order chi connectivity index (χ0) is 20.7. The summed E-state index contributed by atoms with van der Waals surface area (Å²) >= 11 is 0. The molecule has 0 aliphatic carbocycles. The maximum Gasteiger partial charge on any atom is 0.310 e. The Labute approximate surface area is 164 Å². The number of nitrogens with one attached hydrogen (secondary N) is 1. The third-order valence-electron chi connectivity index (χ3n) is 5.08. The van der Waals surface area contributed by atoms with E-state index in [1.165, 1.54) is 16.7 Å². The summed E-state index contributed by atoms with van der Waals surface area (Å²) in [6.07, 6.45) is 0.643. The molecule has 0 fully saturated rings. The second-order valence-electron chi connectivity index (χ2n) is 6.93. The highest BCUT2D eigenvalue weighted by Crippen LogP contribution is 2.36. The second-order valence-corrected chi connectivity index (χ2v) is 6.93. The van der Waals surface area contributed by atoms with Gasteiger partial charge in [-0.1, -0.05) is 0 Å². The van der Waals surface area contributed by atoms with Crippen LogP contribution in [0.15, 0.2) is 41.2 Å². The van der Waals surface area contributed by atoms with Crippen LogP contribution in [0.4, 0.5) is 24.8 Å². The van der Waals surface area contributed by atoms with Crippen LogP contribution in [0, 0.1) is 24.4 Å². The highest BCUT2D eigenvalue weighted by Gasteiger charge is 2.31. The zero-order valence-corrected chi connectivity index (χ0v) is 15.8. The summed E-state index contributed by atoms with van der Waals surface area (Å²) in [5.41, 5.74) is 1.00. The predicted molar refractivity (Wildman–Crippen MR) is 102 cm³/mol. The molecule has 0 saturated carbocycles. The van der Waals surface area contributed by atoms with Crippen molar-refractivity contribution in [2.45, 2.75) is 25.8 Å². The van der Waals surface area contributed by atoms with Gasteiger partial charge < -0.3 is 14.6 Å². The molecule has 29 heavy (non-hydrogen) atoms. The number of hydrogen-bond acceptors (Lipinski definition) is 4. The van der Waals surface area contributed by atoms with Gasteiger partial charge in [-0.3, -0.25) is 4.79 Å². The third kappa shape index (κ3) is 3.46. The maximum absolute atomic E-state index is 14.5. The van der Waals surface area contributed by atoms with Crippen LogP contribution in [0.1, 0.15) is 29.3 Å². The molecule has 8 heteroatoms. The van der Waals surface area contributed by atoms with Crippen LogP contribution < -0.4 is 15.6 Å². The molecule has 0 saturated heterocycles. The van der Waals surface area contributed by atoms with Gasteiger partial charge in [0.2, 0.25) is 11.8 Å². The van der Waals surface area contributed by atoms with Gasteiger partial charge in [0.05, 0.1) is 18.8 Å². The van der Waals surface area contributed by atoms with E-state index in [0.717, 1.165) is 11.6 Å². The van der Waals surface area contributed by atoms with E-state index in [0.29, 0.717) is 23.4 Å². The molecule has 4 rings (SSSR count). The lowest BCUT2D eigenvalue weighted by Gasteiger charge is -2.21. The Bertz CT molecular complexity index is 1140. The molecule has 0 amide bonds. The van der Waals surface area contributed by atoms with Gasteiger partial charge >= 0.3 is 5.56 Å². The van der Waals surface area contributed by atoms with E-state index in [1.54, 1.807) is 25.3 Å². The summed E-state index contributed by atoms with van der Waals surface area (Å²) in [5.74, 6) is -1.60. The number of fused-ring (bicyclic) bond motifs is 1. The van der Waals surface area contributed by atoms with E-state index in [-0.39, 0.29) is 18.1 Å². The van der Waals surface area contributed by atoms with Crippen molar-refractivity contribution in [3.05, 3.63) is 81.0 Å². The smallest absolute Gasteiger partial charge is 0.310 e. The molecular weight excluding hydrogens is 383 g/mol. The van der Waals surface area contributed by atoms with Gasteiger partial charge in [0.1, 0.15) is 17.4 Å². The standard InChI is InChI=1S/C21H18F3N3O2/c1-11-7-15(29-2)3-4-16(11)25-21-26-20(28)19(24)18-6-5-17(27(18)21)12-8-13(22)10-14(23)9-12/h3-4,7-10,17H,5-6H2,1-2H3,(H,25,26,28). The van der Waals surface area contributed by atoms with E-state index < -0.39 is 29.1 Å². The monoisotopic (exact) mass is 401 g/mol. The minimum absolute atomic E-state index is 0.117. The molecule has 1 aliphatic rings. The van der Waals surface area contributed by atoms with E-state index >= 15 is 0 Å². The number of rotatable bonds is 4. The number of ether oxygens (including phenoxy) is 1. The number of hydrogen-bond donors (Lipinski definition) is 1. The molecule has 1 aliphatic heterocycles. The molecule has 0 bridgehead atoms. The third-order valence-corrected chi connectivity index (χ3v) is 5.08. The molecule has 0 radical (unpaired) electrons. The van der Waals surface area contributed by atoms with E-state index in [1.807, 2.05) is 6.92 Å². The Kier molecular flexibility index (Phi) is 4.77. The van der Waals surface area contributed by atoms with Gasteiger partial charge in [-0.25, -0.2) is 8.78 Å². The Morgan fingerprint density at radius 1 is 1.14 bits per heavy atom. The van der Waals surface area contributed by atoms with E-state index in [2.05, 4.69) is 10.3 Å². The molecular formula is C21H18F3N3O2. The number of anilines is 2. The van der Waals surface area contributed by atoms with Crippen LogP contribution in [-0.4, -0.2) is 16.7 Å². The quantitative estimate of drug-likeness (QED) is 0.710. The van der Waals surface area contributed by atoms with Crippen molar-refractivity contribution < 1.29 is 17.9 Å². The largest absolute Gasteiger partial charge is 0.497 e. The summed E-state index contributed by atoms with van der Waals surface area (Å²) in [5, 5.41) is 3.06. The van der Waals surface area contributed by atoms with Crippen molar-refractivity contribution in [3.63, 3.8) is 0 Å². The van der Waals surface area contributed by atoms with Crippen molar-refractivity contribution >= 4 is 11.6 Å². The van der Waals surface area contributed by atoms with Crippen LogP contribution in [0.3, 0.4) is 0 Å². The van der Waals surface area contributed by atoms with Crippen LogP contribution in [0.2, 0.25) is 0 Å².